The van der Waals surface area contributed by atoms with Gasteiger partial charge < -0.3 is 15.2 Å². The van der Waals surface area contributed by atoms with Crippen LogP contribution in [0.4, 0.5) is 19.3 Å². The third-order valence-corrected chi connectivity index (χ3v) is 3.72. The van der Waals surface area contributed by atoms with E-state index in [-0.39, 0.29) is 5.69 Å². The number of H-pyrrole nitrogens is 1. The number of halogens is 2. The summed E-state index contributed by atoms with van der Waals surface area (Å²) < 4.78 is 26.6. The van der Waals surface area contributed by atoms with Crippen molar-refractivity contribution in [2.24, 2.45) is 0 Å². The number of urea groups is 1. The molecule has 7 heteroatoms. The molecule has 25 heavy (non-hydrogen) atoms. The molecule has 3 aromatic rings. The minimum atomic E-state index is -0.761. The van der Waals surface area contributed by atoms with Crippen LogP contribution in [0.25, 0.3) is 0 Å². The van der Waals surface area contributed by atoms with Crippen molar-refractivity contribution in [2.75, 3.05) is 12.4 Å². The zero-order valence-electron chi connectivity index (χ0n) is 13.4. The monoisotopic (exact) mass is 342 g/mol. The Hall–Kier alpha value is -3.22. The highest BCUT2D eigenvalue weighted by molar-refractivity contribution is 5.89. The highest BCUT2D eigenvalue weighted by Gasteiger charge is 2.25. The van der Waals surface area contributed by atoms with Crippen LogP contribution in [0.5, 0.6) is 0 Å². The molecule has 1 atom stereocenters. The van der Waals surface area contributed by atoms with Crippen molar-refractivity contribution >= 4 is 11.7 Å². The minimum absolute atomic E-state index is 0.0422. The summed E-state index contributed by atoms with van der Waals surface area (Å²) in [5.41, 5.74) is 0.890. The Morgan fingerprint density at radius 3 is 2.44 bits per heavy atom. The number of hydrogen-bond donors (Lipinski definition) is 2. The Bertz CT molecular complexity index is 833. The molecule has 1 heterocycles. The number of amides is 2. The van der Waals surface area contributed by atoms with Crippen LogP contribution in [0.1, 0.15) is 17.4 Å². The van der Waals surface area contributed by atoms with Crippen LogP contribution in [0.15, 0.2) is 60.9 Å². The number of nitrogens with zero attached hydrogens (tertiary/aromatic N) is 2. The molecule has 0 aliphatic heterocycles. The second kappa shape index (κ2) is 7.12. The molecule has 1 aromatic heterocycles. The number of nitrogens with one attached hydrogen (secondary N) is 2. The lowest BCUT2D eigenvalue weighted by Crippen LogP contribution is -2.36. The fraction of sp³-hybridized carbons (Fsp3) is 0.111. The molecule has 3 rings (SSSR count). The molecule has 2 amide bonds. The summed E-state index contributed by atoms with van der Waals surface area (Å²) in [5, 5.41) is 2.50. The second-order valence-corrected chi connectivity index (χ2v) is 5.49. The first-order chi connectivity index (χ1) is 12.0. The topological polar surface area (TPSA) is 61.0 Å². The number of carbonyl (C=O) groups excluding carboxylic acids is 1. The number of carbonyl (C=O) groups is 1. The van der Waals surface area contributed by atoms with Gasteiger partial charge in [-0.05, 0) is 17.7 Å². The Morgan fingerprint density at radius 2 is 1.84 bits per heavy atom. The van der Waals surface area contributed by atoms with Crippen molar-refractivity contribution in [1.29, 1.82) is 0 Å². The predicted molar refractivity (Wildman–Crippen MR) is 90.0 cm³/mol. The molecule has 0 unspecified atom stereocenters. The summed E-state index contributed by atoms with van der Waals surface area (Å²) in [7, 11) is 1.59. The normalized spacial score (nSPS) is 11.8. The van der Waals surface area contributed by atoms with Gasteiger partial charge in [-0.1, -0.05) is 30.3 Å². The lowest BCUT2D eigenvalue weighted by Gasteiger charge is -2.27. The van der Waals surface area contributed by atoms with Crippen molar-refractivity contribution in [2.45, 2.75) is 6.04 Å². The summed E-state index contributed by atoms with van der Waals surface area (Å²) in [4.78, 5) is 21.2. The van der Waals surface area contributed by atoms with E-state index in [1.807, 2.05) is 30.3 Å². The maximum atomic E-state index is 13.3. The Kier molecular flexibility index (Phi) is 4.74. The largest absolute Gasteiger partial charge is 0.347 e. The molecular formula is C18H16F2N4O. The zero-order valence-corrected chi connectivity index (χ0v) is 13.4. The molecule has 0 fully saturated rings. The van der Waals surface area contributed by atoms with Crippen LogP contribution >= 0.6 is 0 Å². The molecule has 128 valence electrons. The van der Waals surface area contributed by atoms with E-state index in [1.165, 1.54) is 4.90 Å². The summed E-state index contributed by atoms with van der Waals surface area (Å²) in [6, 6.07) is 11.2. The number of anilines is 1. The SMILES string of the molecule is CN(C(=O)Nc1cc(F)cc(F)c1)[C@@H](c1ccccc1)c1ncc[nH]1. The van der Waals surface area contributed by atoms with Crippen molar-refractivity contribution in [3.8, 4) is 0 Å². The van der Waals surface area contributed by atoms with Gasteiger partial charge in [0, 0.05) is 31.2 Å². The number of rotatable bonds is 4. The number of hydrogen-bond acceptors (Lipinski definition) is 2. The van der Waals surface area contributed by atoms with Gasteiger partial charge in [-0.25, -0.2) is 18.6 Å². The van der Waals surface area contributed by atoms with Gasteiger partial charge in [-0.2, -0.15) is 0 Å². The molecule has 5 nitrogen and oxygen atoms in total. The maximum Gasteiger partial charge on any atom is 0.322 e. The maximum absolute atomic E-state index is 13.3. The summed E-state index contributed by atoms with van der Waals surface area (Å²) in [6.07, 6.45) is 3.26. The highest BCUT2D eigenvalue weighted by atomic mass is 19.1. The van der Waals surface area contributed by atoms with Crippen LogP contribution in [-0.4, -0.2) is 27.9 Å². The van der Waals surface area contributed by atoms with E-state index in [2.05, 4.69) is 15.3 Å². The summed E-state index contributed by atoms with van der Waals surface area (Å²) in [6.45, 7) is 0. The van der Waals surface area contributed by atoms with Gasteiger partial charge in [0.15, 0.2) is 0 Å². The first-order valence-electron chi connectivity index (χ1n) is 7.59. The van der Waals surface area contributed by atoms with E-state index < -0.39 is 23.7 Å². The van der Waals surface area contributed by atoms with E-state index in [0.29, 0.717) is 5.82 Å². The molecule has 2 N–H and O–H groups in total. The third kappa shape index (κ3) is 3.82. The van der Waals surface area contributed by atoms with Gasteiger partial charge in [0.25, 0.3) is 0 Å². The van der Waals surface area contributed by atoms with E-state index in [0.717, 1.165) is 23.8 Å². The third-order valence-electron chi connectivity index (χ3n) is 3.72. The Morgan fingerprint density at radius 1 is 1.16 bits per heavy atom. The standard InChI is InChI=1S/C18H16F2N4O/c1-24(18(25)23-15-10-13(19)9-14(20)11-15)16(17-21-7-8-22-17)12-5-3-2-4-6-12/h2-11,16H,1H3,(H,21,22)(H,23,25)/t16-/m0/s1. The van der Waals surface area contributed by atoms with E-state index in [9.17, 15) is 13.6 Å². The quantitative estimate of drug-likeness (QED) is 0.754. The molecule has 2 aromatic carbocycles. The lowest BCUT2D eigenvalue weighted by atomic mass is 10.1. The molecule has 0 saturated heterocycles. The average molecular weight is 342 g/mol. The second-order valence-electron chi connectivity index (χ2n) is 5.49. The van der Waals surface area contributed by atoms with Gasteiger partial charge in [-0.15, -0.1) is 0 Å². The first kappa shape index (κ1) is 16.6. The van der Waals surface area contributed by atoms with Gasteiger partial charge in [0.05, 0.1) is 0 Å². The molecule has 0 spiro atoms. The molecule has 0 bridgehead atoms. The van der Waals surface area contributed by atoms with Crippen LogP contribution in [-0.2, 0) is 0 Å². The van der Waals surface area contributed by atoms with Gasteiger partial charge in [-0.3, -0.25) is 0 Å². The zero-order chi connectivity index (χ0) is 17.8. The van der Waals surface area contributed by atoms with Crippen molar-refractivity contribution in [3.63, 3.8) is 0 Å². The van der Waals surface area contributed by atoms with Gasteiger partial charge in [0.2, 0.25) is 0 Å². The van der Waals surface area contributed by atoms with Crippen LogP contribution in [0.2, 0.25) is 0 Å². The number of benzene rings is 2. The smallest absolute Gasteiger partial charge is 0.322 e. The van der Waals surface area contributed by atoms with E-state index in [4.69, 9.17) is 0 Å². The average Bonchev–Trinajstić information content (AvgIpc) is 3.09. The van der Waals surface area contributed by atoms with Crippen molar-refractivity contribution < 1.29 is 13.6 Å². The van der Waals surface area contributed by atoms with Gasteiger partial charge in [0.1, 0.15) is 23.5 Å². The van der Waals surface area contributed by atoms with Crippen molar-refractivity contribution in [1.82, 2.24) is 14.9 Å². The van der Waals surface area contributed by atoms with Gasteiger partial charge >= 0.3 is 6.03 Å². The highest BCUT2D eigenvalue weighted by Crippen LogP contribution is 2.25. The number of aromatic amines is 1. The molecule has 0 aliphatic carbocycles. The molecule has 0 radical (unpaired) electrons. The number of aromatic nitrogens is 2. The summed E-state index contributed by atoms with van der Waals surface area (Å²) in [5.74, 6) is -0.943. The minimum Gasteiger partial charge on any atom is -0.347 e. The Labute approximate surface area is 143 Å². The Balaban J connectivity index is 1.87. The molecule has 0 saturated carbocycles. The molecular weight excluding hydrogens is 326 g/mol. The van der Waals surface area contributed by atoms with Crippen LogP contribution < -0.4 is 5.32 Å². The summed E-state index contributed by atoms with van der Waals surface area (Å²) >= 11 is 0. The van der Waals surface area contributed by atoms with Crippen LogP contribution in [0, 0.1) is 11.6 Å². The van der Waals surface area contributed by atoms with Crippen molar-refractivity contribution in [3.05, 3.63) is 83.9 Å². The predicted octanol–water partition coefficient (Wildman–Crippen LogP) is 3.94. The lowest BCUT2D eigenvalue weighted by molar-refractivity contribution is 0.210. The van der Waals surface area contributed by atoms with Crippen LogP contribution in [0.3, 0.4) is 0 Å². The first-order valence-corrected chi connectivity index (χ1v) is 7.59. The van der Waals surface area contributed by atoms with E-state index >= 15 is 0 Å². The fourth-order valence-electron chi connectivity index (χ4n) is 2.58. The van der Waals surface area contributed by atoms with E-state index in [1.54, 1.807) is 19.4 Å². The fourth-order valence-corrected chi connectivity index (χ4v) is 2.58. The number of imidazole rings is 1. The molecule has 0 aliphatic rings.